The Morgan fingerprint density at radius 2 is 1.93 bits per heavy atom. The Labute approximate surface area is 238 Å². The van der Waals surface area contributed by atoms with Crippen LogP contribution in [0.2, 0.25) is 0 Å². The van der Waals surface area contributed by atoms with Gasteiger partial charge in [-0.3, -0.25) is 14.5 Å². The highest BCUT2D eigenvalue weighted by molar-refractivity contribution is 5.79. The van der Waals surface area contributed by atoms with E-state index < -0.39 is 11.9 Å². The minimum atomic E-state index is -0.822. The van der Waals surface area contributed by atoms with Gasteiger partial charge in [0.1, 0.15) is 11.5 Å². The molecule has 4 rings (SSSR count). The monoisotopic (exact) mass is 554 g/mol. The van der Waals surface area contributed by atoms with Crippen molar-refractivity contribution in [2.24, 2.45) is 5.92 Å². The number of carboxylic acids is 1. The van der Waals surface area contributed by atoms with Crippen LogP contribution in [-0.2, 0) is 22.4 Å². The molecule has 2 aliphatic heterocycles. The second-order valence-electron chi connectivity index (χ2n) is 11.6. The number of aromatic nitrogens is 1. The fourth-order valence-corrected chi connectivity index (χ4v) is 6.13. The fraction of sp³-hybridized carbons (Fsp3) is 0.645. The van der Waals surface area contributed by atoms with E-state index in [0.29, 0.717) is 31.9 Å². The maximum absolute atomic E-state index is 13.7. The molecule has 1 aromatic carbocycles. The number of carbonyl (C=O) groups is 2. The second-order valence-corrected chi connectivity index (χ2v) is 11.6. The first kappa shape index (κ1) is 30.1. The first-order valence-corrected chi connectivity index (χ1v) is 14.8. The molecule has 9 nitrogen and oxygen atoms in total. The van der Waals surface area contributed by atoms with E-state index >= 15 is 0 Å². The zero-order valence-electron chi connectivity index (χ0n) is 24.6. The Balaban J connectivity index is 1.54. The quantitative estimate of drug-likeness (QED) is 0.330. The molecule has 3 atom stereocenters. The van der Waals surface area contributed by atoms with Gasteiger partial charge in [0.25, 0.3) is 0 Å². The molecule has 2 aliphatic rings. The van der Waals surface area contributed by atoms with E-state index in [9.17, 15) is 14.7 Å². The summed E-state index contributed by atoms with van der Waals surface area (Å²) < 4.78 is 11.4. The summed E-state index contributed by atoms with van der Waals surface area (Å²) in [5.74, 6) is 0.653. The van der Waals surface area contributed by atoms with Gasteiger partial charge in [0, 0.05) is 44.4 Å². The molecule has 220 valence electrons. The number of likely N-dealkylation sites (tertiary alicyclic amines) is 1. The van der Waals surface area contributed by atoms with Crippen LogP contribution >= 0.6 is 0 Å². The van der Waals surface area contributed by atoms with Crippen LogP contribution in [0.15, 0.2) is 28.8 Å². The summed E-state index contributed by atoms with van der Waals surface area (Å²) >= 11 is 0. The predicted molar refractivity (Wildman–Crippen MR) is 154 cm³/mol. The molecule has 3 heterocycles. The Morgan fingerprint density at radius 3 is 2.62 bits per heavy atom. The molecule has 2 aromatic rings. The number of ether oxygens (including phenoxy) is 1. The molecule has 0 radical (unpaired) electrons. The number of rotatable bonds is 15. The lowest BCUT2D eigenvalue weighted by Crippen LogP contribution is -2.45. The molecule has 0 bridgehead atoms. The van der Waals surface area contributed by atoms with E-state index in [1.165, 1.54) is 0 Å². The number of aryl methyl sites for hydroxylation is 2. The highest BCUT2D eigenvalue weighted by Gasteiger charge is 2.47. The van der Waals surface area contributed by atoms with Crippen molar-refractivity contribution in [1.82, 2.24) is 19.7 Å². The molecule has 40 heavy (non-hydrogen) atoms. The fourth-order valence-electron chi connectivity index (χ4n) is 6.13. The number of aliphatic carboxylic acids is 1. The van der Waals surface area contributed by atoms with Crippen molar-refractivity contribution in [3.63, 3.8) is 0 Å². The standard InChI is InChI=1S/C31H46N4O5/c1-5-6-15-34(16-8-7-14-33(3)4)29(36)21-35-20-25(23-9-11-27-24(18-23)13-17-39-27)30(31(37)38)26(35)10-12-28-32-19-22(2)40-28/h9,11,18-19,25-26,30H,5-8,10,12-17,20-21H2,1-4H3,(H,37,38)/t25-,26+,30-/m1/s1. The number of carboxylic acid groups (broad SMARTS) is 1. The Morgan fingerprint density at radius 1 is 1.15 bits per heavy atom. The number of benzene rings is 1. The van der Waals surface area contributed by atoms with E-state index in [1.54, 1.807) is 6.20 Å². The zero-order chi connectivity index (χ0) is 28.6. The Bertz CT molecular complexity index is 1130. The third kappa shape index (κ3) is 7.63. The maximum Gasteiger partial charge on any atom is 0.308 e. The molecule has 0 unspecified atom stereocenters. The highest BCUT2D eigenvalue weighted by atomic mass is 16.5. The molecule has 1 fully saturated rings. The second kappa shape index (κ2) is 14.1. The molecule has 0 spiro atoms. The maximum atomic E-state index is 13.7. The first-order valence-electron chi connectivity index (χ1n) is 14.8. The van der Waals surface area contributed by atoms with Crippen molar-refractivity contribution in [1.29, 1.82) is 0 Å². The van der Waals surface area contributed by atoms with Crippen molar-refractivity contribution in [2.45, 2.75) is 70.8 Å². The van der Waals surface area contributed by atoms with E-state index in [-0.39, 0.29) is 24.4 Å². The van der Waals surface area contributed by atoms with Gasteiger partial charge in [-0.1, -0.05) is 25.5 Å². The topological polar surface area (TPSA) is 99.3 Å². The largest absolute Gasteiger partial charge is 0.493 e. The van der Waals surface area contributed by atoms with Gasteiger partial charge >= 0.3 is 5.97 Å². The van der Waals surface area contributed by atoms with E-state index in [4.69, 9.17) is 9.15 Å². The lowest BCUT2D eigenvalue weighted by atomic mass is 9.83. The van der Waals surface area contributed by atoms with Gasteiger partial charge in [0.2, 0.25) is 5.91 Å². The number of nitrogens with zero attached hydrogens (tertiary/aromatic N) is 4. The van der Waals surface area contributed by atoms with Crippen LogP contribution in [0.5, 0.6) is 5.75 Å². The van der Waals surface area contributed by atoms with Gasteiger partial charge in [-0.25, -0.2) is 4.98 Å². The van der Waals surface area contributed by atoms with Crippen molar-refractivity contribution >= 4 is 11.9 Å². The van der Waals surface area contributed by atoms with Gasteiger partial charge in [-0.2, -0.15) is 0 Å². The van der Waals surface area contributed by atoms with E-state index in [1.807, 2.05) is 24.0 Å². The summed E-state index contributed by atoms with van der Waals surface area (Å²) in [6, 6.07) is 5.78. The summed E-state index contributed by atoms with van der Waals surface area (Å²) in [6.07, 6.45) is 7.60. The van der Waals surface area contributed by atoms with Gasteiger partial charge in [0.15, 0.2) is 5.89 Å². The summed E-state index contributed by atoms with van der Waals surface area (Å²) in [7, 11) is 4.13. The SMILES string of the molecule is CCCCN(CCCCN(C)C)C(=O)CN1C[C@H](c2ccc3c(c2)CCO3)[C@@H](C(=O)O)[C@@H]1CCc1ncc(C)o1. The normalized spacial score (nSPS) is 20.6. The number of amides is 1. The van der Waals surface area contributed by atoms with Crippen LogP contribution in [0.4, 0.5) is 0 Å². The predicted octanol–water partition coefficient (Wildman–Crippen LogP) is 3.99. The Hall–Kier alpha value is -2.91. The van der Waals surface area contributed by atoms with Crippen molar-refractivity contribution in [2.75, 3.05) is 53.4 Å². The number of carbonyl (C=O) groups excluding carboxylic acids is 1. The molecule has 1 aromatic heterocycles. The molecule has 1 saturated heterocycles. The number of hydrogen-bond donors (Lipinski definition) is 1. The summed E-state index contributed by atoms with van der Waals surface area (Å²) in [6.45, 7) is 7.87. The first-order chi connectivity index (χ1) is 19.3. The van der Waals surface area contributed by atoms with Crippen molar-refractivity contribution < 1.29 is 23.8 Å². The average Bonchev–Trinajstić information content (AvgIpc) is 3.64. The number of hydrogen-bond acceptors (Lipinski definition) is 7. The van der Waals surface area contributed by atoms with Crippen LogP contribution in [0, 0.1) is 12.8 Å². The zero-order valence-corrected chi connectivity index (χ0v) is 24.6. The van der Waals surface area contributed by atoms with Gasteiger partial charge < -0.3 is 24.1 Å². The third-order valence-corrected chi connectivity index (χ3v) is 8.25. The molecular formula is C31H46N4O5. The third-order valence-electron chi connectivity index (χ3n) is 8.25. The van der Waals surface area contributed by atoms with Crippen LogP contribution < -0.4 is 4.74 Å². The highest BCUT2D eigenvalue weighted by Crippen LogP contribution is 2.41. The van der Waals surface area contributed by atoms with Gasteiger partial charge in [-0.15, -0.1) is 0 Å². The number of unbranched alkanes of at least 4 members (excludes halogenated alkanes) is 2. The van der Waals surface area contributed by atoms with Gasteiger partial charge in [-0.05, 0) is 70.4 Å². The van der Waals surface area contributed by atoms with Crippen LogP contribution in [0.25, 0.3) is 0 Å². The smallest absolute Gasteiger partial charge is 0.308 e. The van der Waals surface area contributed by atoms with Crippen LogP contribution in [0.3, 0.4) is 0 Å². The number of fused-ring (bicyclic) bond motifs is 1. The molecule has 0 aliphatic carbocycles. The molecular weight excluding hydrogens is 508 g/mol. The van der Waals surface area contributed by atoms with Crippen molar-refractivity contribution in [3.05, 3.63) is 47.2 Å². The molecule has 1 N–H and O–H groups in total. The Kier molecular flexibility index (Phi) is 10.6. The van der Waals surface area contributed by atoms with Crippen molar-refractivity contribution in [3.8, 4) is 5.75 Å². The number of oxazole rings is 1. The molecule has 9 heteroatoms. The average molecular weight is 555 g/mol. The molecule has 1 amide bonds. The van der Waals surface area contributed by atoms with Crippen LogP contribution in [0.1, 0.15) is 67.7 Å². The lowest BCUT2D eigenvalue weighted by molar-refractivity contribution is -0.143. The summed E-state index contributed by atoms with van der Waals surface area (Å²) in [4.78, 5) is 37.1. The summed E-state index contributed by atoms with van der Waals surface area (Å²) in [5, 5.41) is 10.5. The minimum Gasteiger partial charge on any atom is -0.493 e. The van der Waals surface area contributed by atoms with E-state index in [0.717, 1.165) is 74.4 Å². The van der Waals surface area contributed by atoms with E-state index in [2.05, 4.69) is 41.9 Å². The lowest BCUT2D eigenvalue weighted by Gasteiger charge is -2.29. The van der Waals surface area contributed by atoms with Gasteiger partial charge in [0.05, 0.1) is 25.3 Å². The minimum absolute atomic E-state index is 0.0856. The van der Waals surface area contributed by atoms with Crippen LogP contribution in [-0.4, -0.2) is 96.1 Å². The molecule has 0 saturated carbocycles. The summed E-state index contributed by atoms with van der Waals surface area (Å²) in [5.41, 5.74) is 2.14.